The normalized spacial score (nSPS) is 25.8. The first-order chi connectivity index (χ1) is 12.0. The number of nitrogens with zero attached hydrogens (tertiary/aromatic N) is 3. The van der Waals surface area contributed by atoms with Gasteiger partial charge in [-0.25, -0.2) is 0 Å². The van der Waals surface area contributed by atoms with Gasteiger partial charge < -0.3 is 15.2 Å². The molecule has 1 saturated heterocycles. The highest BCUT2D eigenvalue weighted by atomic mass is 16.5. The van der Waals surface area contributed by atoms with E-state index in [9.17, 15) is 0 Å². The molecule has 0 spiro atoms. The quantitative estimate of drug-likeness (QED) is 0.916. The maximum atomic E-state index is 6.42. The summed E-state index contributed by atoms with van der Waals surface area (Å²) in [5.41, 5.74) is 10.0. The number of methoxy groups -OCH3 is 1. The Morgan fingerprint density at radius 3 is 2.92 bits per heavy atom. The Morgan fingerprint density at radius 2 is 2.20 bits per heavy atom. The van der Waals surface area contributed by atoms with Crippen LogP contribution in [0.1, 0.15) is 29.7 Å². The number of aryl methyl sites for hydroxylation is 1. The Balaban J connectivity index is 1.53. The monoisotopic (exact) mass is 342 g/mol. The summed E-state index contributed by atoms with van der Waals surface area (Å²) < 4.78 is 13.5. The molecule has 2 aromatic rings. The van der Waals surface area contributed by atoms with Gasteiger partial charge >= 0.3 is 0 Å². The number of nitrogens with two attached hydrogens (primary N) is 1. The Kier molecular flexibility index (Phi) is 4.17. The maximum absolute atomic E-state index is 6.42. The minimum absolute atomic E-state index is 0.118. The molecule has 25 heavy (non-hydrogen) atoms. The second kappa shape index (κ2) is 6.35. The Morgan fingerprint density at radius 1 is 1.36 bits per heavy atom. The van der Waals surface area contributed by atoms with E-state index < -0.39 is 0 Å². The summed E-state index contributed by atoms with van der Waals surface area (Å²) in [5.74, 6) is 2.24. The van der Waals surface area contributed by atoms with Gasteiger partial charge in [-0.15, -0.1) is 0 Å². The number of likely N-dealkylation sites (tertiary alicyclic amines) is 1. The van der Waals surface area contributed by atoms with Crippen LogP contribution in [-0.2, 0) is 20.0 Å². The molecule has 3 heterocycles. The third-order valence-corrected chi connectivity index (χ3v) is 5.37. The molecule has 4 rings (SSSR count). The summed E-state index contributed by atoms with van der Waals surface area (Å²) in [7, 11) is 3.71. The molecule has 2 aliphatic heterocycles. The Bertz CT molecular complexity index is 773. The van der Waals surface area contributed by atoms with Crippen molar-refractivity contribution in [3.8, 4) is 11.5 Å². The number of ether oxygens (including phenoxy) is 2. The summed E-state index contributed by atoms with van der Waals surface area (Å²) in [6.07, 6.45) is 3.03. The van der Waals surface area contributed by atoms with Crippen molar-refractivity contribution in [2.24, 2.45) is 12.8 Å². The van der Waals surface area contributed by atoms with Crippen molar-refractivity contribution in [2.45, 2.75) is 38.0 Å². The lowest BCUT2D eigenvalue weighted by Crippen LogP contribution is -2.29. The fraction of sp³-hybridized carbons (Fsp3) is 0.526. The zero-order valence-corrected chi connectivity index (χ0v) is 15.1. The van der Waals surface area contributed by atoms with Crippen LogP contribution in [-0.4, -0.2) is 47.0 Å². The van der Waals surface area contributed by atoms with E-state index in [0.29, 0.717) is 5.92 Å². The molecular weight excluding hydrogens is 316 g/mol. The lowest BCUT2D eigenvalue weighted by molar-refractivity contribution is 0.253. The van der Waals surface area contributed by atoms with Crippen LogP contribution < -0.4 is 15.2 Å². The van der Waals surface area contributed by atoms with Gasteiger partial charge in [-0.2, -0.15) is 5.10 Å². The molecule has 0 saturated carbocycles. The molecule has 6 heteroatoms. The van der Waals surface area contributed by atoms with Gasteiger partial charge in [-0.3, -0.25) is 9.58 Å². The first-order valence-electron chi connectivity index (χ1n) is 8.87. The van der Waals surface area contributed by atoms with Crippen LogP contribution >= 0.6 is 0 Å². The van der Waals surface area contributed by atoms with Crippen molar-refractivity contribution in [3.05, 3.63) is 41.2 Å². The second-order valence-corrected chi connectivity index (χ2v) is 7.25. The summed E-state index contributed by atoms with van der Waals surface area (Å²) in [6.45, 7) is 4.71. The first-order valence-corrected chi connectivity index (χ1v) is 8.87. The van der Waals surface area contributed by atoms with Crippen LogP contribution in [0.25, 0.3) is 0 Å². The predicted octanol–water partition coefficient (Wildman–Crippen LogP) is 1.68. The minimum atomic E-state index is 0.118. The summed E-state index contributed by atoms with van der Waals surface area (Å²) >= 11 is 0. The van der Waals surface area contributed by atoms with Gasteiger partial charge in [-0.1, -0.05) is 0 Å². The van der Waals surface area contributed by atoms with Gasteiger partial charge in [0.2, 0.25) is 0 Å². The van der Waals surface area contributed by atoms with E-state index in [1.807, 2.05) is 17.9 Å². The standard InChI is InChI=1S/C19H26N4O2/c1-12-6-13-7-18(24-3)14(8-19(13)25-12)9-23-10-15(16(20)11-23)17-4-5-21-22(17)2/h4-5,7-8,12,15-16H,6,9-11,20H2,1-3H3/t12?,15-,16-/m1/s1. The van der Waals surface area contributed by atoms with Crippen LogP contribution in [0.15, 0.2) is 24.4 Å². The number of hydrogen-bond donors (Lipinski definition) is 1. The molecule has 1 fully saturated rings. The fourth-order valence-electron chi connectivity index (χ4n) is 4.14. The number of rotatable bonds is 4. The zero-order valence-electron chi connectivity index (χ0n) is 15.1. The molecule has 2 N–H and O–H groups in total. The number of aromatic nitrogens is 2. The van der Waals surface area contributed by atoms with Crippen molar-refractivity contribution in [1.82, 2.24) is 14.7 Å². The topological polar surface area (TPSA) is 65.5 Å². The zero-order chi connectivity index (χ0) is 17.6. The molecule has 0 aliphatic carbocycles. The van der Waals surface area contributed by atoms with Crippen LogP contribution in [0, 0.1) is 0 Å². The average Bonchev–Trinajstić information content (AvgIpc) is 3.24. The van der Waals surface area contributed by atoms with Crippen molar-refractivity contribution in [1.29, 1.82) is 0 Å². The van der Waals surface area contributed by atoms with E-state index in [1.165, 1.54) is 11.3 Å². The molecular formula is C19H26N4O2. The summed E-state index contributed by atoms with van der Waals surface area (Å²) in [4.78, 5) is 2.39. The molecule has 0 radical (unpaired) electrons. The molecule has 1 aromatic carbocycles. The second-order valence-electron chi connectivity index (χ2n) is 7.25. The Hall–Kier alpha value is -2.05. The highest BCUT2D eigenvalue weighted by Crippen LogP contribution is 2.36. The number of fused-ring (bicyclic) bond motifs is 1. The van der Waals surface area contributed by atoms with Crippen molar-refractivity contribution < 1.29 is 9.47 Å². The maximum Gasteiger partial charge on any atom is 0.123 e. The van der Waals surface area contributed by atoms with E-state index in [2.05, 4.69) is 35.1 Å². The summed E-state index contributed by atoms with van der Waals surface area (Å²) in [5, 5.41) is 4.28. The molecule has 2 aliphatic rings. The van der Waals surface area contributed by atoms with E-state index in [4.69, 9.17) is 15.2 Å². The van der Waals surface area contributed by atoms with Crippen LogP contribution in [0.3, 0.4) is 0 Å². The van der Waals surface area contributed by atoms with Crippen LogP contribution in [0.5, 0.6) is 11.5 Å². The van der Waals surface area contributed by atoms with E-state index in [0.717, 1.165) is 43.1 Å². The molecule has 1 aromatic heterocycles. The van der Waals surface area contributed by atoms with Gasteiger partial charge in [-0.05, 0) is 25.1 Å². The fourth-order valence-corrected chi connectivity index (χ4v) is 4.14. The predicted molar refractivity (Wildman–Crippen MR) is 96.0 cm³/mol. The highest BCUT2D eigenvalue weighted by Gasteiger charge is 2.33. The molecule has 134 valence electrons. The Labute approximate surface area is 148 Å². The SMILES string of the molecule is COc1cc2c(cc1CN1C[C@@H](N)[C@H](c3ccnn3C)C1)OC(C)C2. The first kappa shape index (κ1) is 16.4. The van der Waals surface area contributed by atoms with Crippen molar-refractivity contribution in [3.63, 3.8) is 0 Å². The molecule has 3 atom stereocenters. The van der Waals surface area contributed by atoms with E-state index in [1.54, 1.807) is 7.11 Å². The van der Waals surface area contributed by atoms with Crippen LogP contribution in [0.4, 0.5) is 0 Å². The average molecular weight is 342 g/mol. The molecule has 0 amide bonds. The van der Waals surface area contributed by atoms with E-state index in [-0.39, 0.29) is 12.1 Å². The number of hydrogen-bond acceptors (Lipinski definition) is 5. The number of benzene rings is 1. The van der Waals surface area contributed by atoms with Gasteiger partial charge in [0.15, 0.2) is 0 Å². The van der Waals surface area contributed by atoms with Crippen LogP contribution in [0.2, 0.25) is 0 Å². The molecule has 0 bridgehead atoms. The highest BCUT2D eigenvalue weighted by molar-refractivity contribution is 5.48. The van der Waals surface area contributed by atoms with Gasteiger partial charge in [0.1, 0.15) is 17.6 Å². The summed E-state index contributed by atoms with van der Waals surface area (Å²) in [6, 6.07) is 6.45. The third-order valence-electron chi connectivity index (χ3n) is 5.37. The minimum Gasteiger partial charge on any atom is -0.496 e. The third kappa shape index (κ3) is 3.00. The van der Waals surface area contributed by atoms with Gasteiger partial charge in [0, 0.05) is 68.1 Å². The largest absolute Gasteiger partial charge is 0.496 e. The lowest BCUT2D eigenvalue weighted by atomic mass is 10.0. The smallest absolute Gasteiger partial charge is 0.123 e. The van der Waals surface area contributed by atoms with Gasteiger partial charge in [0.05, 0.1) is 7.11 Å². The van der Waals surface area contributed by atoms with E-state index >= 15 is 0 Å². The van der Waals surface area contributed by atoms with Gasteiger partial charge in [0.25, 0.3) is 0 Å². The molecule has 1 unspecified atom stereocenters. The lowest BCUT2D eigenvalue weighted by Gasteiger charge is -2.18. The van der Waals surface area contributed by atoms with Crippen molar-refractivity contribution >= 4 is 0 Å². The van der Waals surface area contributed by atoms with Crippen molar-refractivity contribution in [2.75, 3.05) is 20.2 Å². The molecule has 6 nitrogen and oxygen atoms in total.